The quantitative estimate of drug-likeness (QED) is 0.690. The fourth-order valence-corrected chi connectivity index (χ4v) is 2.64. The highest BCUT2D eigenvalue weighted by atomic mass is 35.5. The standard InChI is InChI=1S/C17H12ClF4N3O/c18-14-5-11(17(20,21)22)8-25-9-13(24-16(14)25)6-15(26)23-7-10-1-3-12(19)4-2-10/h1-5,8-9H,6-7H2,(H,23,26). The molecule has 26 heavy (non-hydrogen) atoms. The molecule has 0 unspecified atom stereocenters. The van der Waals surface area contributed by atoms with Crippen molar-refractivity contribution < 1.29 is 22.4 Å². The number of nitrogens with zero attached hydrogens (tertiary/aromatic N) is 2. The average molecular weight is 386 g/mol. The summed E-state index contributed by atoms with van der Waals surface area (Å²) < 4.78 is 52.4. The van der Waals surface area contributed by atoms with E-state index in [-0.39, 0.29) is 41.1 Å². The summed E-state index contributed by atoms with van der Waals surface area (Å²) in [5.41, 5.74) is 0.233. The fraction of sp³-hybridized carbons (Fsp3) is 0.176. The molecule has 2 aromatic heterocycles. The van der Waals surface area contributed by atoms with Crippen LogP contribution in [0.1, 0.15) is 16.8 Å². The molecule has 0 bridgehead atoms. The molecule has 0 aliphatic heterocycles. The Labute approximate surface area is 150 Å². The van der Waals surface area contributed by atoms with Crippen LogP contribution in [-0.4, -0.2) is 15.3 Å². The van der Waals surface area contributed by atoms with E-state index in [0.29, 0.717) is 5.56 Å². The number of hydrogen-bond donors (Lipinski definition) is 1. The molecule has 1 amide bonds. The van der Waals surface area contributed by atoms with E-state index in [0.717, 1.165) is 16.7 Å². The Morgan fingerprint density at radius 2 is 1.88 bits per heavy atom. The molecule has 0 fully saturated rings. The number of imidazole rings is 1. The van der Waals surface area contributed by atoms with Gasteiger partial charge in [-0.2, -0.15) is 13.2 Å². The summed E-state index contributed by atoms with van der Waals surface area (Å²) in [6.45, 7) is 0.200. The van der Waals surface area contributed by atoms with Gasteiger partial charge < -0.3 is 9.72 Å². The lowest BCUT2D eigenvalue weighted by atomic mass is 10.2. The smallest absolute Gasteiger partial charge is 0.352 e. The number of carbonyl (C=O) groups excluding carboxylic acids is 1. The van der Waals surface area contributed by atoms with E-state index in [9.17, 15) is 22.4 Å². The molecule has 136 valence electrons. The number of aromatic nitrogens is 2. The third kappa shape index (κ3) is 4.13. The predicted molar refractivity (Wildman–Crippen MR) is 87.2 cm³/mol. The van der Waals surface area contributed by atoms with Gasteiger partial charge in [0.1, 0.15) is 5.82 Å². The Kier molecular flexibility index (Phi) is 4.86. The number of pyridine rings is 1. The topological polar surface area (TPSA) is 46.4 Å². The summed E-state index contributed by atoms with van der Waals surface area (Å²) in [5.74, 6) is -0.746. The zero-order valence-electron chi connectivity index (χ0n) is 13.1. The molecule has 0 saturated carbocycles. The first kappa shape index (κ1) is 18.2. The van der Waals surface area contributed by atoms with Crippen molar-refractivity contribution >= 4 is 23.2 Å². The molecular formula is C17H12ClF4N3O. The van der Waals surface area contributed by atoms with Crippen molar-refractivity contribution in [2.24, 2.45) is 0 Å². The van der Waals surface area contributed by atoms with Gasteiger partial charge in [-0.25, -0.2) is 9.37 Å². The third-order valence-corrected chi connectivity index (χ3v) is 3.91. The van der Waals surface area contributed by atoms with E-state index >= 15 is 0 Å². The van der Waals surface area contributed by atoms with Crippen molar-refractivity contribution in [2.45, 2.75) is 19.1 Å². The third-order valence-electron chi connectivity index (χ3n) is 3.63. The maximum atomic E-state index is 12.8. The van der Waals surface area contributed by atoms with Gasteiger partial charge in [0.2, 0.25) is 5.91 Å². The van der Waals surface area contributed by atoms with Crippen molar-refractivity contribution in [3.05, 3.63) is 70.4 Å². The number of rotatable bonds is 4. The Bertz CT molecular complexity index is 951. The normalized spacial score (nSPS) is 11.7. The van der Waals surface area contributed by atoms with Crippen LogP contribution < -0.4 is 5.32 Å². The largest absolute Gasteiger partial charge is 0.417 e. The summed E-state index contributed by atoms with van der Waals surface area (Å²) in [6, 6.07) is 6.44. The van der Waals surface area contributed by atoms with Gasteiger partial charge in [0.05, 0.1) is 22.7 Å². The van der Waals surface area contributed by atoms with Crippen LogP contribution in [0.3, 0.4) is 0 Å². The van der Waals surface area contributed by atoms with Crippen molar-refractivity contribution in [1.82, 2.24) is 14.7 Å². The molecule has 2 heterocycles. The Morgan fingerprint density at radius 3 is 2.54 bits per heavy atom. The number of benzene rings is 1. The van der Waals surface area contributed by atoms with Gasteiger partial charge >= 0.3 is 6.18 Å². The van der Waals surface area contributed by atoms with Crippen LogP contribution >= 0.6 is 11.6 Å². The molecular weight excluding hydrogens is 374 g/mol. The molecule has 0 spiro atoms. The van der Waals surface area contributed by atoms with E-state index in [1.807, 2.05) is 0 Å². The molecule has 9 heteroatoms. The van der Waals surface area contributed by atoms with Crippen molar-refractivity contribution in [3.8, 4) is 0 Å². The van der Waals surface area contributed by atoms with Gasteiger partial charge in [-0.1, -0.05) is 23.7 Å². The number of alkyl halides is 3. The second-order valence-corrected chi connectivity index (χ2v) is 6.02. The summed E-state index contributed by atoms with van der Waals surface area (Å²) >= 11 is 5.86. The van der Waals surface area contributed by atoms with Crippen molar-refractivity contribution in [1.29, 1.82) is 0 Å². The Balaban J connectivity index is 1.71. The Morgan fingerprint density at radius 1 is 1.19 bits per heavy atom. The first-order valence-corrected chi connectivity index (χ1v) is 7.85. The summed E-state index contributed by atoms with van der Waals surface area (Å²) in [4.78, 5) is 16.1. The lowest BCUT2D eigenvalue weighted by Gasteiger charge is -2.07. The minimum absolute atomic E-state index is 0.124. The zero-order chi connectivity index (χ0) is 18.9. The monoisotopic (exact) mass is 385 g/mol. The van der Waals surface area contributed by atoms with Crippen LogP contribution in [0.2, 0.25) is 5.02 Å². The molecule has 0 saturated heterocycles. The van der Waals surface area contributed by atoms with Crippen LogP contribution in [0.25, 0.3) is 5.65 Å². The molecule has 4 nitrogen and oxygen atoms in total. The first-order valence-electron chi connectivity index (χ1n) is 7.48. The van der Waals surface area contributed by atoms with Gasteiger partial charge in [-0.15, -0.1) is 0 Å². The minimum Gasteiger partial charge on any atom is -0.352 e. The van der Waals surface area contributed by atoms with Gasteiger partial charge in [0, 0.05) is 18.9 Å². The van der Waals surface area contributed by atoms with Crippen LogP contribution in [0.4, 0.5) is 17.6 Å². The second kappa shape index (κ2) is 6.95. The van der Waals surface area contributed by atoms with Gasteiger partial charge in [-0.05, 0) is 23.8 Å². The van der Waals surface area contributed by atoms with Gasteiger partial charge in [0.15, 0.2) is 5.65 Å². The zero-order valence-corrected chi connectivity index (χ0v) is 13.9. The fourth-order valence-electron chi connectivity index (χ4n) is 2.38. The number of nitrogens with one attached hydrogen (secondary N) is 1. The second-order valence-electron chi connectivity index (χ2n) is 5.62. The molecule has 3 rings (SSSR count). The highest BCUT2D eigenvalue weighted by molar-refractivity contribution is 6.33. The molecule has 1 N–H and O–H groups in total. The van der Waals surface area contributed by atoms with Gasteiger partial charge in [-0.3, -0.25) is 4.79 Å². The van der Waals surface area contributed by atoms with E-state index in [1.54, 1.807) is 12.1 Å². The molecule has 0 radical (unpaired) electrons. The highest BCUT2D eigenvalue weighted by Gasteiger charge is 2.31. The highest BCUT2D eigenvalue weighted by Crippen LogP contribution is 2.32. The van der Waals surface area contributed by atoms with Crippen LogP contribution in [0.15, 0.2) is 42.7 Å². The predicted octanol–water partition coefficient (Wildman–Crippen LogP) is 4.00. The molecule has 1 aromatic carbocycles. The van der Waals surface area contributed by atoms with Crippen molar-refractivity contribution in [3.63, 3.8) is 0 Å². The number of amides is 1. The van der Waals surface area contributed by atoms with E-state index in [4.69, 9.17) is 11.6 Å². The summed E-state index contributed by atoms with van der Waals surface area (Å²) in [7, 11) is 0. The Hall–Kier alpha value is -2.61. The lowest BCUT2D eigenvalue weighted by Crippen LogP contribution is -2.24. The average Bonchev–Trinajstić information content (AvgIpc) is 2.96. The van der Waals surface area contributed by atoms with E-state index in [1.165, 1.54) is 18.3 Å². The van der Waals surface area contributed by atoms with Crippen LogP contribution in [-0.2, 0) is 23.9 Å². The first-order chi connectivity index (χ1) is 12.2. The lowest BCUT2D eigenvalue weighted by molar-refractivity contribution is -0.137. The van der Waals surface area contributed by atoms with Crippen LogP contribution in [0.5, 0.6) is 0 Å². The number of carbonyl (C=O) groups is 1. The van der Waals surface area contributed by atoms with Gasteiger partial charge in [0.25, 0.3) is 0 Å². The van der Waals surface area contributed by atoms with Crippen LogP contribution in [0, 0.1) is 5.82 Å². The van der Waals surface area contributed by atoms with E-state index < -0.39 is 11.7 Å². The molecule has 0 aliphatic rings. The minimum atomic E-state index is -4.53. The molecule has 0 aliphatic carbocycles. The maximum Gasteiger partial charge on any atom is 0.417 e. The molecule has 3 aromatic rings. The number of halogens is 5. The van der Waals surface area contributed by atoms with E-state index in [2.05, 4.69) is 10.3 Å². The van der Waals surface area contributed by atoms with Crippen molar-refractivity contribution in [2.75, 3.05) is 0 Å². The summed E-state index contributed by atoms with van der Waals surface area (Å²) in [6.07, 6.45) is -2.46. The molecule has 0 atom stereocenters. The maximum absolute atomic E-state index is 12.8. The number of fused-ring (bicyclic) bond motifs is 1. The number of hydrogen-bond acceptors (Lipinski definition) is 2. The summed E-state index contributed by atoms with van der Waals surface area (Å²) in [5, 5.41) is 2.48. The SMILES string of the molecule is O=C(Cc1cn2cc(C(F)(F)F)cc(Cl)c2n1)NCc1ccc(F)cc1.